The Bertz CT molecular complexity index is 1000. The van der Waals surface area contributed by atoms with Crippen molar-refractivity contribution in [3.05, 3.63) is 71.0 Å². The molecule has 1 aliphatic heterocycles. The number of fused-ring (bicyclic) bond motifs is 1. The predicted molar refractivity (Wildman–Crippen MR) is 97.4 cm³/mol. The van der Waals surface area contributed by atoms with Gasteiger partial charge in [0.1, 0.15) is 0 Å². The van der Waals surface area contributed by atoms with E-state index in [0.29, 0.717) is 11.4 Å². The van der Waals surface area contributed by atoms with E-state index >= 15 is 0 Å². The molecule has 1 amide bonds. The molecule has 0 radical (unpaired) electrons. The monoisotopic (exact) mass is 350 g/mol. The summed E-state index contributed by atoms with van der Waals surface area (Å²) in [5.74, 6) is -0.0960. The number of carbonyl (C=O) groups excluding carboxylic acids is 1. The van der Waals surface area contributed by atoms with Gasteiger partial charge in [0, 0.05) is 30.8 Å². The number of hydrogen-bond donors (Lipinski definition) is 0. The van der Waals surface area contributed by atoms with Gasteiger partial charge >= 0.3 is 0 Å². The lowest BCUT2D eigenvalue weighted by Crippen LogP contribution is -2.24. The first-order valence-corrected chi connectivity index (χ1v) is 8.33. The van der Waals surface area contributed by atoms with E-state index in [4.69, 9.17) is 11.6 Å². The molecule has 0 aliphatic carbocycles. The lowest BCUT2D eigenvalue weighted by Gasteiger charge is -2.20. The summed E-state index contributed by atoms with van der Waals surface area (Å²) in [4.78, 5) is 20.7. The molecule has 1 aromatic heterocycles. The van der Waals surface area contributed by atoms with Crippen LogP contribution in [0.1, 0.15) is 30.5 Å². The molecule has 0 saturated carbocycles. The van der Waals surface area contributed by atoms with Gasteiger partial charge in [0.2, 0.25) is 5.91 Å². The van der Waals surface area contributed by atoms with Crippen LogP contribution >= 0.6 is 11.6 Å². The molecule has 0 spiro atoms. The van der Waals surface area contributed by atoms with Crippen molar-refractivity contribution in [3.63, 3.8) is 0 Å². The molecule has 2 heterocycles. The largest absolute Gasteiger partial charge is 0.273 e. The van der Waals surface area contributed by atoms with Crippen molar-refractivity contribution in [2.45, 2.75) is 19.4 Å². The Hall–Kier alpha value is -2.79. The van der Waals surface area contributed by atoms with Crippen LogP contribution in [0.2, 0.25) is 5.02 Å². The van der Waals surface area contributed by atoms with Gasteiger partial charge in [-0.15, -0.1) is 0 Å². The zero-order valence-corrected chi connectivity index (χ0v) is 14.3. The van der Waals surface area contributed by atoms with E-state index < -0.39 is 0 Å². The highest BCUT2D eigenvalue weighted by Gasteiger charge is 2.31. The lowest BCUT2D eigenvalue weighted by molar-refractivity contribution is -0.130. The maximum absolute atomic E-state index is 12.1. The molecular formula is C19H15ClN4O. The van der Waals surface area contributed by atoms with Crippen LogP contribution in [-0.4, -0.2) is 26.6 Å². The van der Waals surface area contributed by atoms with Gasteiger partial charge in [-0.1, -0.05) is 29.8 Å². The third kappa shape index (κ3) is 2.98. The van der Waals surface area contributed by atoms with E-state index in [-0.39, 0.29) is 11.9 Å². The second-order valence-corrected chi connectivity index (χ2v) is 6.38. The van der Waals surface area contributed by atoms with Gasteiger partial charge in [-0.3, -0.25) is 14.8 Å². The molecular weight excluding hydrogens is 336 g/mol. The summed E-state index contributed by atoms with van der Waals surface area (Å²) in [6.45, 7) is 1.53. The normalized spacial score (nSPS) is 17.0. The highest BCUT2D eigenvalue weighted by molar-refractivity contribution is 6.31. The molecule has 0 fully saturated rings. The van der Waals surface area contributed by atoms with Crippen LogP contribution < -0.4 is 0 Å². The minimum Gasteiger partial charge on any atom is -0.273 e. The fourth-order valence-electron chi connectivity index (χ4n) is 3.09. The van der Waals surface area contributed by atoms with E-state index in [0.717, 1.165) is 27.9 Å². The number of benzene rings is 2. The second kappa shape index (κ2) is 6.26. The minimum absolute atomic E-state index is 0.0960. The minimum atomic E-state index is -0.155. The van der Waals surface area contributed by atoms with Crippen molar-refractivity contribution >= 4 is 34.3 Å². The quantitative estimate of drug-likeness (QED) is 0.702. The number of carbonyl (C=O) groups is 1. The smallest absolute Gasteiger partial charge is 0.240 e. The molecule has 0 bridgehead atoms. The van der Waals surface area contributed by atoms with E-state index in [1.54, 1.807) is 12.4 Å². The third-order valence-electron chi connectivity index (χ3n) is 4.27. The Kier molecular flexibility index (Phi) is 3.93. The Labute approximate surface area is 150 Å². The molecule has 0 saturated heterocycles. The fraction of sp³-hybridized carbons (Fsp3) is 0.158. The second-order valence-electron chi connectivity index (χ2n) is 5.95. The van der Waals surface area contributed by atoms with Gasteiger partial charge in [0.25, 0.3) is 0 Å². The number of aromatic nitrogens is 2. The van der Waals surface area contributed by atoms with Gasteiger partial charge < -0.3 is 0 Å². The number of amides is 1. The van der Waals surface area contributed by atoms with Gasteiger partial charge in [0.15, 0.2) is 0 Å². The first-order chi connectivity index (χ1) is 12.1. The van der Waals surface area contributed by atoms with Crippen LogP contribution in [-0.2, 0) is 4.79 Å². The molecule has 4 rings (SSSR count). The van der Waals surface area contributed by atoms with E-state index in [9.17, 15) is 4.79 Å². The van der Waals surface area contributed by atoms with Crippen LogP contribution in [0.15, 0.2) is 60.0 Å². The molecule has 2 aromatic carbocycles. The Morgan fingerprint density at radius 1 is 1.12 bits per heavy atom. The summed E-state index contributed by atoms with van der Waals surface area (Å²) < 4.78 is 0. The van der Waals surface area contributed by atoms with Crippen molar-refractivity contribution < 1.29 is 4.79 Å². The van der Waals surface area contributed by atoms with E-state index in [2.05, 4.69) is 15.1 Å². The Balaban J connectivity index is 1.72. The zero-order chi connectivity index (χ0) is 17.4. The average molecular weight is 351 g/mol. The Morgan fingerprint density at radius 3 is 2.68 bits per heavy atom. The lowest BCUT2D eigenvalue weighted by atomic mass is 9.98. The molecule has 25 heavy (non-hydrogen) atoms. The molecule has 0 unspecified atom stereocenters. The SMILES string of the molecule is CC(=O)N1N=C(c2cccc(Cl)c2)C[C@@H]1c1ccc2nccnc2c1. The topological polar surface area (TPSA) is 58.5 Å². The van der Waals surface area contributed by atoms with Crippen LogP contribution in [0.25, 0.3) is 11.0 Å². The summed E-state index contributed by atoms with van der Waals surface area (Å²) >= 11 is 6.09. The average Bonchev–Trinajstić information content (AvgIpc) is 3.07. The van der Waals surface area contributed by atoms with Crippen LogP contribution in [0.4, 0.5) is 0 Å². The van der Waals surface area contributed by atoms with E-state index in [1.165, 1.54) is 11.9 Å². The first kappa shape index (κ1) is 15.7. The van der Waals surface area contributed by atoms with Gasteiger partial charge in [-0.05, 0) is 35.4 Å². The number of rotatable bonds is 2. The molecule has 124 valence electrons. The van der Waals surface area contributed by atoms with Crippen molar-refractivity contribution in [3.8, 4) is 0 Å². The summed E-state index contributed by atoms with van der Waals surface area (Å²) in [5, 5.41) is 6.73. The molecule has 1 atom stereocenters. The maximum Gasteiger partial charge on any atom is 0.240 e. The van der Waals surface area contributed by atoms with Crippen LogP contribution in [0.3, 0.4) is 0 Å². The molecule has 0 N–H and O–H groups in total. The summed E-state index contributed by atoms with van der Waals surface area (Å²) in [6.07, 6.45) is 3.96. The maximum atomic E-state index is 12.1. The number of nitrogens with zero attached hydrogens (tertiary/aromatic N) is 4. The molecule has 6 heteroatoms. The molecule has 5 nitrogen and oxygen atoms in total. The van der Waals surface area contributed by atoms with Crippen molar-refractivity contribution in [1.82, 2.24) is 15.0 Å². The summed E-state index contributed by atoms with van der Waals surface area (Å²) in [6, 6.07) is 13.3. The van der Waals surface area contributed by atoms with Crippen LogP contribution in [0, 0.1) is 0 Å². The fourth-order valence-corrected chi connectivity index (χ4v) is 3.28. The van der Waals surface area contributed by atoms with Crippen molar-refractivity contribution in [2.24, 2.45) is 5.10 Å². The van der Waals surface area contributed by atoms with E-state index in [1.807, 2.05) is 42.5 Å². The number of hydrazone groups is 1. The highest BCUT2D eigenvalue weighted by atomic mass is 35.5. The third-order valence-corrected chi connectivity index (χ3v) is 4.50. The summed E-state index contributed by atoms with van der Waals surface area (Å²) in [7, 11) is 0. The molecule has 1 aliphatic rings. The Morgan fingerprint density at radius 2 is 1.92 bits per heavy atom. The van der Waals surface area contributed by atoms with Crippen molar-refractivity contribution in [1.29, 1.82) is 0 Å². The number of halogens is 1. The molecule has 3 aromatic rings. The van der Waals surface area contributed by atoms with Gasteiger partial charge in [0.05, 0.1) is 22.8 Å². The number of hydrogen-bond acceptors (Lipinski definition) is 4. The standard InChI is InChI=1S/C19H15ClN4O/c1-12(25)24-19(11-17(23-24)13-3-2-4-15(20)9-13)14-5-6-16-18(10-14)22-8-7-21-16/h2-10,19H,11H2,1H3/t19-/m1/s1. The van der Waals surface area contributed by atoms with Gasteiger partial charge in [-0.2, -0.15) is 5.10 Å². The van der Waals surface area contributed by atoms with Crippen molar-refractivity contribution in [2.75, 3.05) is 0 Å². The highest BCUT2D eigenvalue weighted by Crippen LogP contribution is 2.34. The first-order valence-electron chi connectivity index (χ1n) is 7.96. The van der Waals surface area contributed by atoms with Gasteiger partial charge in [-0.25, -0.2) is 5.01 Å². The van der Waals surface area contributed by atoms with Crippen LogP contribution in [0.5, 0.6) is 0 Å². The zero-order valence-electron chi connectivity index (χ0n) is 13.6. The predicted octanol–water partition coefficient (Wildman–Crippen LogP) is 3.98. The summed E-state index contributed by atoms with van der Waals surface area (Å²) in [5.41, 5.74) is 4.40.